The largest absolute Gasteiger partial charge is 2.00 e. The third kappa shape index (κ3) is 6.40. The molecule has 0 fully saturated rings. The van der Waals surface area contributed by atoms with Crippen molar-refractivity contribution in [2.24, 2.45) is 9.98 Å². The molecule has 0 saturated carbocycles. The maximum atomic E-state index is 6.91. The van der Waals surface area contributed by atoms with Crippen LogP contribution in [-0.4, -0.2) is 23.9 Å². The quantitative estimate of drug-likeness (QED) is 0.281. The van der Waals surface area contributed by atoms with Crippen LogP contribution in [0.2, 0.25) is 0 Å². The molecular formula is C37H38Br2N2O2Pd. The zero-order valence-corrected chi connectivity index (χ0v) is 30.6. The van der Waals surface area contributed by atoms with Crippen LogP contribution in [0.15, 0.2) is 107 Å². The van der Waals surface area contributed by atoms with Gasteiger partial charge in [0, 0.05) is 22.3 Å². The van der Waals surface area contributed by atoms with Crippen LogP contribution >= 0.6 is 0 Å². The van der Waals surface area contributed by atoms with Crippen molar-refractivity contribution < 1.29 is 63.9 Å². The SMILES string of the molecule is Cc1ccc(C2(c3ccc(C)cc3)OC(CC3=N[C@H](C)C(c4ccc(C)cc4)(c4ccc(C)cc4)O3)=N[C@@H]2C)cc1.[Br-].[Br-].[Pd+2]. The number of aliphatic imine (C=N–C) groups is 2. The minimum Gasteiger partial charge on any atom is -1.00 e. The fraction of sp³-hybridized carbons (Fsp3) is 0.297. The van der Waals surface area contributed by atoms with Crippen molar-refractivity contribution in [3.05, 3.63) is 142 Å². The Balaban J connectivity index is 0.00000176. The van der Waals surface area contributed by atoms with Gasteiger partial charge in [-0.25, -0.2) is 9.98 Å². The number of hydrogen-bond donors (Lipinski definition) is 0. The average Bonchev–Trinajstić information content (AvgIpc) is 3.47. The Morgan fingerprint density at radius 1 is 0.477 bits per heavy atom. The summed E-state index contributed by atoms with van der Waals surface area (Å²) >= 11 is 0. The Labute approximate surface area is 296 Å². The standard InChI is InChI=1S/C37H38N2O2.2BrH.Pd/c1-24-7-15-30(16-8-24)36(31-17-9-25(2)10-18-31)28(5)38-34(40-36)23-35-39-29(6)37(41-35,32-19-11-26(3)12-20-32)33-21-13-27(4)14-22-33;;;/h7-22,28-29H,23H2,1-6H3;2*1H;/q;;;+2/p-2/t28-,29-;;;/m1.../s1. The van der Waals surface area contributed by atoms with Crippen LogP contribution in [0.3, 0.4) is 0 Å². The van der Waals surface area contributed by atoms with Crippen molar-refractivity contribution in [2.75, 3.05) is 0 Å². The molecule has 4 nitrogen and oxygen atoms in total. The van der Waals surface area contributed by atoms with Gasteiger partial charge in [-0.05, 0) is 41.5 Å². The predicted molar refractivity (Wildman–Crippen MR) is 167 cm³/mol. The van der Waals surface area contributed by atoms with E-state index in [4.69, 9.17) is 19.5 Å². The van der Waals surface area contributed by atoms with Crippen molar-refractivity contribution in [3.8, 4) is 0 Å². The minimum atomic E-state index is -0.716. The fourth-order valence-electron chi connectivity index (χ4n) is 6.24. The third-order valence-corrected chi connectivity index (χ3v) is 8.63. The predicted octanol–water partition coefficient (Wildman–Crippen LogP) is 2.14. The van der Waals surface area contributed by atoms with Gasteiger partial charge in [0.25, 0.3) is 0 Å². The smallest absolute Gasteiger partial charge is 1.00 e. The molecule has 7 heteroatoms. The van der Waals surface area contributed by atoms with Gasteiger partial charge in [-0.1, -0.05) is 119 Å². The van der Waals surface area contributed by atoms with Crippen molar-refractivity contribution in [3.63, 3.8) is 0 Å². The molecule has 0 unspecified atom stereocenters. The molecular weight excluding hydrogens is 771 g/mol. The molecule has 6 rings (SSSR count). The van der Waals surface area contributed by atoms with Gasteiger partial charge >= 0.3 is 20.4 Å². The first kappa shape index (κ1) is 35.9. The molecule has 0 N–H and O–H groups in total. The van der Waals surface area contributed by atoms with E-state index in [1.807, 2.05) is 0 Å². The normalized spacial score (nSPS) is 19.2. The van der Waals surface area contributed by atoms with Gasteiger partial charge in [-0.2, -0.15) is 0 Å². The van der Waals surface area contributed by atoms with E-state index in [0.29, 0.717) is 18.2 Å². The molecule has 4 aromatic carbocycles. The molecule has 2 heterocycles. The van der Waals surface area contributed by atoms with E-state index < -0.39 is 11.2 Å². The topological polar surface area (TPSA) is 43.2 Å². The van der Waals surface area contributed by atoms with E-state index >= 15 is 0 Å². The Hall–Kier alpha value is -2.56. The summed E-state index contributed by atoms with van der Waals surface area (Å²) in [6.45, 7) is 12.7. The summed E-state index contributed by atoms with van der Waals surface area (Å²) < 4.78 is 13.8. The van der Waals surface area contributed by atoms with Crippen molar-refractivity contribution in [2.45, 2.75) is 71.2 Å². The minimum absolute atomic E-state index is 0. The molecule has 0 saturated heterocycles. The summed E-state index contributed by atoms with van der Waals surface area (Å²) in [7, 11) is 0. The number of rotatable bonds is 6. The number of halogens is 2. The van der Waals surface area contributed by atoms with Crippen LogP contribution in [0.25, 0.3) is 0 Å². The monoisotopic (exact) mass is 806 g/mol. The van der Waals surface area contributed by atoms with Gasteiger partial charge in [-0.3, -0.25) is 0 Å². The van der Waals surface area contributed by atoms with Crippen molar-refractivity contribution >= 4 is 11.8 Å². The fourth-order valence-corrected chi connectivity index (χ4v) is 6.24. The number of ether oxygens (including phenoxy) is 2. The zero-order chi connectivity index (χ0) is 28.8. The molecule has 0 aromatic heterocycles. The van der Waals surface area contributed by atoms with Crippen LogP contribution in [0.4, 0.5) is 0 Å². The van der Waals surface area contributed by atoms with Gasteiger partial charge in [0.15, 0.2) is 23.0 Å². The second-order valence-corrected chi connectivity index (χ2v) is 11.7. The maximum absolute atomic E-state index is 6.91. The maximum Gasteiger partial charge on any atom is 2.00 e. The molecule has 2 atom stereocenters. The molecule has 0 spiro atoms. The van der Waals surface area contributed by atoms with E-state index in [2.05, 4.69) is 139 Å². The molecule has 44 heavy (non-hydrogen) atoms. The van der Waals surface area contributed by atoms with Gasteiger partial charge in [-0.15, -0.1) is 0 Å². The Morgan fingerprint density at radius 2 is 0.705 bits per heavy atom. The van der Waals surface area contributed by atoms with Gasteiger partial charge in [0.05, 0.1) is 18.5 Å². The van der Waals surface area contributed by atoms with E-state index in [1.54, 1.807) is 0 Å². The second-order valence-electron chi connectivity index (χ2n) is 11.7. The summed E-state index contributed by atoms with van der Waals surface area (Å²) in [5, 5.41) is 0. The Morgan fingerprint density at radius 3 is 0.932 bits per heavy atom. The first-order valence-corrected chi connectivity index (χ1v) is 14.5. The Bertz CT molecular complexity index is 1400. The van der Waals surface area contributed by atoms with Crippen LogP contribution in [0.1, 0.15) is 64.8 Å². The van der Waals surface area contributed by atoms with Gasteiger partial charge in [0.1, 0.15) is 0 Å². The van der Waals surface area contributed by atoms with E-state index in [-0.39, 0.29) is 66.5 Å². The van der Waals surface area contributed by atoms with Crippen LogP contribution in [0.5, 0.6) is 0 Å². The van der Waals surface area contributed by atoms with E-state index in [0.717, 1.165) is 22.3 Å². The average molecular weight is 809 g/mol. The summed E-state index contributed by atoms with van der Waals surface area (Å²) in [5.74, 6) is 1.29. The second kappa shape index (κ2) is 14.3. The van der Waals surface area contributed by atoms with Crippen LogP contribution in [0, 0.1) is 27.7 Å². The summed E-state index contributed by atoms with van der Waals surface area (Å²) in [4.78, 5) is 10.2. The molecule has 2 aliphatic rings. The summed E-state index contributed by atoms with van der Waals surface area (Å²) in [6.07, 6.45) is 0.396. The molecule has 4 aromatic rings. The van der Waals surface area contributed by atoms with Crippen LogP contribution < -0.4 is 34.0 Å². The molecule has 0 radical (unpaired) electrons. The van der Waals surface area contributed by atoms with Gasteiger partial charge < -0.3 is 43.4 Å². The van der Waals surface area contributed by atoms with Gasteiger partial charge in [0.2, 0.25) is 0 Å². The van der Waals surface area contributed by atoms with E-state index in [9.17, 15) is 0 Å². The van der Waals surface area contributed by atoms with E-state index in [1.165, 1.54) is 22.3 Å². The molecule has 0 amide bonds. The number of aryl methyl sites for hydroxylation is 4. The molecule has 2 aliphatic heterocycles. The molecule has 0 bridgehead atoms. The molecule has 232 valence electrons. The number of nitrogens with zero attached hydrogens (tertiary/aromatic N) is 2. The Kier molecular flexibility index (Phi) is 11.6. The first-order valence-electron chi connectivity index (χ1n) is 14.5. The number of benzene rings is 4. The van der Waals surface area contributed by atoms with Crippen LogP contribution in [-0.2, 0) is 41.1 Å². The molecule has 0 aliphatic carbocycles. The first-order chi connectivity index (χ1) is 19.7. The summed E-state index contributed by atoms with van der Waals surface area (Å²) in [6, 6.07) is 34.2. The summed E-state index contributed by atoms with van der Waals surface area (Å²) in [5.41, 5.74) is 7.79. The van der Waals surface area contributed by atoms with Crippen molar-refractivity contribution in [1.29, 1.82) is 0 Å². The zero-order valence-electron chi connectivity index (χ0n) is 25.9. The number of hydrogen-bond acceptors (Lipinski definition) is 4. The third-order valence-electron chi connectivity index (χ3n) is 8.63. The van der Waals surface area contributed by atoms with Crippen molar-refractivity contribution in [1.82, 2.24) is 0 Å².